The van der Waals surface area contributed by atoms with Gasteiger partial charge in [0.1, 0.15) is 0 Å². The molecule has 3 atom stereocenters. The molecule has 2 aromatic rings. The monoisotopic (exact) mass is 480 g/mol. The van der Waals surface area contributed by atoms with Gasteiger partial charge >= 0.3 is 0 Å². The quantitative estimate of drug-likeness (QED) is 0.701. The maximum absolute atomic E-state index is 13.1. The first-order chi connectivity index (χ1) is 14.7. The van der Waals surface area contributed by atoms with Crippen LogP contribution in [0.3, 0.4) is 0 Å². The van der Waals surface area contributed by atoms with E-state index >= 15 is 0 Å². The normalized spacial score (nSPS) is 23.9. The Kier molecular flexibility index (Phi) is 8.22. The molecule has 0 spiro atoms. The van der Waals surface area contributed by atoms with Gasteiger partial charge in [-0.15, -0.1) is 24.8 Å². The Morgan fingerprint density at radius 3 is 2.66 bits per heavy atom. The average Bonchev–Trinajstić information content (AvgIpc) is 2.80. The first-order valence-corrected chi connectivity index (χ1v) is 10.8. The van der Waals surface area contributed by atoms with E-state index in [9.17, 15) is 9.59 Å². The number of hydrogen-bond donors (Lipinski definition) is 2. The van der Waals surface area contributed by atoms with Crippen molar-refractivity contribution in [2.75, 3.05) is 50.8 Å². The maximum atomic E-state index is 13.1. The fraction of sp³-hybridized carbons (Fsp3) is 0.478. The lowest BCUT2D eigenvalue weighted by atomic mass is 9.79. The molecule has 3 aliphatic heterocycles. The van der Waals surface area contributed by atoms with Crippen molar-refractivity contribution in [1.82, 2.24) is 15.2 Å². The highest BCUT2D eigenvalue weighted by Gasteiger charge is 2.37. The van der Waals surface area contributed by atoms with E-state index < -0.39 is 0 Å². The van der Waals surface area contributed by atoms with Gasteiger partial charge in [0.15, 0.2) is 0 Å². The minimum Gasteiger partial charge on any atom is -0.378 e. The van der Waals surface area contributed by atoms with E-state index in [1.54, 1.807) is 6.07 Å². The number of anilines is 1. The summed E-state index contributed by atoms with van der Waals surface area (Å²) in [6.07, 6.45) is 1.06. The zero-order chi connectivity index (χ0) is 20.5. The van der Waals surface area contributed by atoms with Gasteiger partial charge in [-0.05, 0) is 30.5 Å². The van der Waals surface area contributed by atoms with Crippen molar-refractivity contribution >= 4 is 36.4 Å². The second-order valence-corrected chi connectivity index (χ2v) is 8.40. The molecule has 9 heteroatoms. The highest BCUT2D eigenvalue weighted by Crippen LogP contribution is 2.38. The van der Waals surface area contributed by atoms with Gasteiger partial charge in [-0.25, -0.2) is 0 Å². The summed E-state index contributed by atoms with van der Waals surface area (Å²) in [5, 5.41) is 6.64. The Morgan fingerprint density at radius 2 is 1.84 bits per heavy atom. The molecule has 0 radical (unpaired) electrons. The molecule has 2 bridgehead atoms. The molecule has 1 aromatic carbocycles. The molecule has 5 rings (SSSR count). The zero-order valence-electron chi connectivity index (χ0n) is 17.9. The third-order valence-corrected chi connectivity index (χ3v) is 6.67. The lowest BCUT2D eigenvalue weighted by Crippen LogP contribution is -2.50. The van der Waals surface area contributed by atoms with Crippen LogP contribution in [0.15, 0.2) is 47.3 Å². The number of carbonyl (C=O) groups is 1. The van der Waals surface area contributed by atoms with Crippen molar-refractivity contribution in [3.8, 4) is 0 Å². The number of morpholine rings is 1. The summed E-state index contributed by atoms with van der Waals surface area (Å²) in [5.74, 6) is 0.617. The van der Waals surface area contributed by atoms with Crippen LogP contribution in [0.5, 0.6) is 0 Å². The smallest absolute Gasteiger partial charge is 0.253 e. The molecule has 3 aliphatic rings. The number of fused-ring (bicyclic) bond motifs is 4. The van der Waals surface area contributed by atoms with Crippen LogP contribution >= 0.6 is 24.8 Å². The number of nitrogens with zero attached hydrogens (tertiary/aromatic N) is 2. The number of nitrogens with one attached hydrogen (secondary N) is 2. The van der Waals surface area contributed by atoms with Crippen LogP contribution in [0.25, 0.3) is 0 Å². The largest absolute Gasteiger partial charge is 0.378 e. The first kappa shape index (κ1) is 24.6. The Bertz CT molecular complexity index is 993. The van der Waals surface area contributed by atoms with Gasteiger partial charge in [0.05, 0.1) is 24.8 Å². The van der Waals surface area contributed by atoms with Gasteiger partial charge in [-0.2, -0.15) is 0 Å². The molecule has 0 aliphatic carbocycles. The van der Waals surface area contributed by atoms with Crippen molar-refractivity contribution in [3.63, 3.8) is 0 Å². The number of hydrogen-bond acceptors (Lipinski definition) is 5. The molecule has 1 aromatic heterocycles. The van der Waals surface area contributed by atoms with E-state index in [1.807, 2.05) is 34.9 Å². The van der Waals surface area contributed by atoms with Crippen LogP contribution in [-0.2, 0) is 4.74 Å². The van der Waals surface area contributed by atoms with Gasteiger partial charge in [0, 0.05) is 56.1 Å². The summed E-state index contributed by atoms with van der Waals surface area (Å²) in [7, 11) is 0. The van der Waals surface area contributed by atoms with E-state index in [1.165, 1.54) is 0 Å². The Morgan fingerprint density at radius 1 is 1.06 bits per heavy atom. The van der Waals surface area contributed by atoms with Crippen molar-refractivity contribution in [2.45, 2.75) is 18.4 Å². The Hall–Kier alpha value is -2.06. The van der Waals surface area contributed by atoms with Crippen molar-refractivity contribution in [1.29, 1.82) is 0 Å². The van der Waals surface area contributed by atoms with E-state index in [4.69, 9.17) is 4.74 Å². The number of halogens is 2. The minimum atomic E-state index is -0.0893. The van der Waals surface area contributed by atoms with Gasteiger partial charge in [0.25, 0.3) is 11.5 Å². The van der Waals surface area contributed by atoms with E-state index in [0.29, 0.717) is 37.2 Å². The number of para-hydroxylation sites is 1. The number of aromatic nitrogens is 1. The molecule has 0 saturated carbocycles. The molecule has 2 fully saturated rings. The maximum Gasteiger partial charge on any atom is 0.253 e. The molecule has 32 heavy (non-hydrogen) atoms. The van der Waals surface area contributed by atoms with Crippen LogP contribution in [0.2, 0.25) is 0 Å². The number of amides is 1. The molecule has 174 valence electrons. The highest BCUT2D eigenvalue weighted by molar-refractivity contribution is 5.99. The minimum absolute atomic E-state index is 0. The topological polar surface area (TPSA) is 75.6 Å². The van der Waals surface area contributed by atoms with Gasteiger partial charge in [0.2, 0.25) is 0 Å². The molecule has 4 heterocycles. The lowest BCUT2D eigenvalue weighted by Gasteiger charge is -2.43. The standard InChI is InChI=1S/C23H28N4O3.2ClH/c28-22-7-3-6-19-16-12-17(14-24-13-16)21(27(19)22)15-25-23(29)18-4-1-2-5-20(18)26-8-10-30-11-9-26;;/h1-7,16-17,21,24H,8-15H2,(H,25,29);2*1H/t16-,17+,21+;;/m1../s1. The van der Waals surface area contributed by atoms with Gasteiger partial charge in [-0.1, -0.05) is 18.2 Å². The second kappa shape index (κ2) is 10.7. The van der Waals surface area contributed by atoms with Crippen LogP contribution in [0, 0.1) is 5.92 Å². The molecule has 2 N–H and O–H groups in total. The number of pyridine rings is 1. The molecular formula is C23H30Cl2N4O3. The number of piperidine rings is 1. The summed E-state index contributed by atoms with van der Waals surface area (Å²) in [5.41, 5.74) is 2.73. The van der Waals surface area contributed by atoms with Crippen molar-refractivity contribution in [2.24, 2.45) is 5.92 Å². The van der Waals surface area contributed by atoms with Gasteiger partial charge < -0.3 is 24.8 Å². The fourth-order valence-corrected chi connectivity index (χ4v) is 5.20. The van der Waals surface area contributed by atoms with Crippen molar-refractivity contribution in [3.05, 3.63) is 64.1 Å². The molecule has 0 unspecified atom stereocenters. The number of rotatable bonds is 4. The number of ether oxygens (including phenoxy) is 1. The van der Waals surface area contributed by atoms with Crippen molar-refractivity contribution < 1.29 is 9.53 Å². The summed E-state index contributed by atoms with van der Waals surface area (Å²) in [6, 6.07) is 13.2. The van der Waals surface area contributed by atoms with Crippen LogP contribution in [-0.4, -0.2) is 56.4 Å². The van der Waals surface area contributed by atoms with E-state index in [-0.39, 0.29) is 42.3 Å². The zero-order valence-corrected chi connectivity index (χ0v) is 19.5. The third kappa shape index (κ3) is 4.66. The fourth-order valence-electron chi connectivity index (χ4n) is 5.20. The summed E-state index contributed by atoms with van der Waals surface area (Å²) >= 11 is 0. The SMILES string of the molecule is Cl.Cl.O=C(NC[C@H]1[C@@H]2CNC[C@@H](C2)c2cccc(=O)n21)c1ccccc1N1CCOCC1. The lowest BCUT2D eigenvalue weighted by molar-refractivity contribution is 0.0931. The number of benzene rings is 1. The summed E-state index contributed by atoms with van der Waals surface area (Å²) < 4.78 is 7.38. The molecule has 1 amide bonds. The van der Waals surface area contributed by atoms with Crippen LogP contribution in [0.1, 0.15) is 34.4 Å². The first-order valence-electron chi connectivity index (χ1n) is 10.8. The predicted octanol–water partition coefficient (Wildman–Crippen LogP) is 2.21. The summed E-state index contributed by atoms with van der Waals surface area (Å²) in [4.78, 5) is 28.0. The van der Waals surface area contributed by atoms with E-state index in [0.717, 1.165) is 44.0 Å². The Balaban J connectivity index is 0.00000144. The molecule has 7 nitrogen and oxygen atoms in total. The average molecular weight is 481 g/mol. The van der Waals surface area contributed by atoms with Gasteiger partial charge in [-0.3, -0.25) is 9.59 Å². The van der Waals surface area contributed by atoms with Crippen LogP contribution in [0.4, 0.5) is 5.69 Å². The summed E-state index contributed by atoms with van der Waals surface area (Å²) in [6.45, 7) is 5.15. The number of carbonyl (C=O) groups excluding carboxylic acids is 1. The van der Waals surface area contributed by atoms with E-state index in [2.05, 4.69) is 21.6 Å². The van der Waals surface area contributed by atoms with Crippen LogP contribution < -0.4 is 21.1 Å². The molecule has 2 saturated heterocycles. The highest BCUT2D eigenvalue weighted by atomic mass is 35.5. The predicted molar refractivity (Wildman–Crippen MR) is 130 cm³/mol. The second-order valence-electron chi connectivity index (χ2n) is 8.40. The third-order valence-electron chi connectivity index (χ3n) is 6.67. The Labute approximate surface area is 200 Å². The molecular weight excluding hydrogens is 451 g/mol.